The van der Waals surface area contributed by atoms with Gasteiger partial charge in [-0.2, -0.15) is 0 Å². The lowest BCUT2D eigenvalue weighted by atomic mass is 10.4. The maximum atomic E-state index is 12.0. The lowest BCUT2D eigenvalue weighted by Gasteiger charge is -2.10. The Labute approximate surface area is 106 Å². The van der Waals surface area contributed by atoms with Gasteiger partial charge in [0.2, 0.25) is 15.9 Å². The second-order valence-corrected chi connectivity index (χ2v) is 5.24. The summed E-state index contributed by atoms with van der Waals surface area (Å²) in [7, 11) is -2.00. The fraction of sp³-hybridized carbons (Fsp3) is 0.400. The Kier molecular flexibility index (Phi) is 5.05. The molecule has 18 heavy (non-hydrogen) atoms. The molecule has 0 atom stereocenters. The van der Waals surface area contributed by atoms with Crippen molar-refractivity contribution in [3.05, 3.63) is 18.5 Å². The number of carbonyl (C=O) groups excluding carboxylic acids is 1. The molecule has 0 aliphatic carbocycles. The van der Waals surface area contributed by atoms with E-state index in [9.17, 15) is 13.2 Å². The fourth-order valence-corrected chi connectivity index (χ4v) is 2.49. The van der Waals surface area contributed by atoms with Gasteiger partial charge in [-0.15, -0.1) is 0 Å². The number of rotatable bonds is 6. The van der Waals surface area contributed by atoms with E-state index in [1.165, 1.54) is 19.3 Å². The molecular formula is C10H16N4O3S. The minimum absolute atomic E-state index is 0.0790. The Morgan fingerprint density at radius 1 is 1.39 bits per heavy atom. The molecule has 0 bridgehead atoms. The Morgan fingerprint density at radius 3 is 2.72 bits per heavy atom. The Bertz CT molecular complexity index is 516. The highest BCUT2D eigenvalue weighted by molar-refractivity contribution is 7.89. The van der Waals surface area contributed by atoms with Gasteiger partial charge in [-0.1, -0.05) is 0 Å². The van der Waals surface area contributed by atoms with Gasteiger partial charge in [0.25, 0.3) is 0 Å². The number of nitrogens with zero attached hydrogens (tertiary/aromatic N) is 1. The van der Waals surface area contributed by atoms with Crippen LogP contribution in [0, 0.1) is 0 Å². The van der Waals surface area contributed by atoms with Gasteiger partial charge in [-0.25, -0.2) is 13.1 Å². The molecule has 100 valence electrons. The average molecular weight is 272 g/mol. The monoisotopic (exact) mass is 272 g/mol. The first-order valence-corrected chi connectivity index (χ1v) is 6.81. The summed E-state index contributed by atoms with van der Waals surface area (Å²) in [6.45, 7) is 1.73. The molecule has 1 rings (SSSR count). The smallest absolute Gasteiger partial charge is 0.244 e. The van der Waals surface area contributed by atoms with Gasteiger partial charge in [0.05, 0.1) is 5.69 Å². The summed E-state index contributed by atoms with van der Waals surface area (Å²) in [5, 5.41) is 5.28. The highest BCUT2D eigenvalue weighted by Crippen LogP contribution is 2.18. The minimum atomic E-state index is -3.63. The molecule has 0 fully saturated rings. The zero-order chi connectivity index (χ0) is 13.6. The molecule has 0 unspecified atom stereocenters. The topological polar surface area (TPSA) is 100 Å². The van der Waals surface area contributed by atoms with E-state index in [1.54, 1.807) is 13.1 Å². The quantitative estimate of drug-likeness (QED) is 0.608. The Hall–Kier alpha value is -1.67. The zero-order valence-electron chi connectivity index (χ0n) is 10.2. The molecule has 1 heterocycles. The van der Waals surface area contributed by atoms with Crippen LogP contribution in [0.15, 0.2) is 23.4 Å². The largest absolute Gasteiger partial charge is 0.387 e. The van der Waals surface area contributed by atoms with Crippen molar-refractivity contribution in [2.75, 3.05) is 25.5 Å². The van der Waals surface area contributed by atoms with Crippen molar-refractivity contribution in [3.8, 4) is 0 Å². The van der Waals surface area contributed by atoms with E-state index >= 15 is 0 Å². The van der Waals surface area contributed by atoms with Crippen LogP contribution in [0.25, 0.3) is 0 Å². The maximum Gasteiger partial charge on any atom is 0.244 e. The normalized spacial score (nSPS) is 11.0. The van der Waals surface area contributed by atoms with E-state index in [0.29, 0.717) is 5.69 Å². The summed E-state index contributed by atoms with van der Waals surface area (Å²) in [4.78, 5) is 14.5. The van der Waals surface area contributed by atoms with Gasteiger partial charge in [0.15, 0.2) is 0 Å². The number of carbonyl (C=O) groups is 1. The molecule has 8 heteroatoms. The fourth-order valence-electron chi connectivity index (χ4n) is 1.30. The molecule has 0 radical (unpaired) electrons. The van der Waals surface area contributed by atoms with Gasteiger partial charge >= 0.3 is 0 Å². The summed E-state index contributed by atoms with van der Waals surface area (Å²) in [6, 6.07) is 1.57. The van der Waals surface area contributed by atoms with Crippen LogP contribution in [-0.2, 0) is 14.8 Å². The molecule has 1 amide bonds. The Balaban J connectivity index is 2.71. The van der Waals surface area contributed by atoms with E-state index in [2.05, 4.69) is 20.3 Å². The number of hydrogen-bond acceptors (Lipinski definition) is 5. The van der Waals surface area contributed by atoms with E-state index in [1.807, 2.05) is 0 Å². The molecule has 1 aromatic rings. The van der Waals surface area contributed by atoms with E-state index < -0.39 is 10.0 Å². The van der Waals surface area contributed by atoms with Crippen LogP contribution in [0.3, 0.4) is 0 Å². The molecule has 0 spiro atoms. The summed E-state index contributed by atoms with van der Waals surface area (Å²) >= 11 is 0. The molecule has 0 saturated carbocycles. The van der Waals surface area contributed by atoms with Crippen LogP contribution >= 0.6 is 0 Å². The van der Waals surface area contributed by atoms with Gasteiger partial charge in [0, 0.05) is 39.5 Å². The van der Waals surface area contributed by atoms with Crippen molar-refractivity contribution >= 4 is 21.6 Å². The molecule has 3 N–H and O–H groups in total. The lowest BCUT2D eigenvalue weighted by Crippen LogP contribution is -2.33. The number of pyridine rings is 1. The molecular weight excluding hydrogens is 256 g/mol. The number of hydrogen-bond donors (Lipinski definition) is 3. The molecule has 0 aliphatic rings. The number of nitrogens with one attached hydrogen (secondary N) is 3. The van der Waals surface area contributed by atoms with Gasteiger partial charge < -0.3 is 10.6 Å². The van der Waals surface area contributed by atoms with Crippen LogP contribution in [0.1, 0.15) is 6.92 Å². The number of sulfonamides is 1. The first-order chi connectivity index (χ1) is 8.47. The standard InChI is InChI=1S/C10H16N4O3S/c1-8(15)13-5-6-14-18(16,17)10-7-12-4-3-9(10)11-2/h3-4,7,14H,5-6H2,1-2H3,(H,11,12)(H,13,15). The first-order valence-electron chi connectivity index (χ1n) is 5.33. The third-order valence-corrected chi connectivity index (χ3v) is 3.62. The molecule has 7 nitrogen and oxygen atoms in total. The minimum Gasteiger partial charge on any atom is -0.387 e. The van der Waals surface area contributed by atoms with Crippen LogP contribution in [-0.4, -0.2) is 39.4 Å². The lowest BCUT2D eigenvalue weighted by molar-refractivity contribution is -0.118. The zero-order valence-corrected chi connectivity index (χ0v) is 11.0. The maximum absolute atomic E-state index is 12.0. The van der Waals surface area contributed by atoms with Crippen LogP contribution in [0.5, 0.6) is 0 Å². The summed E-state index contributed by atoms with van der Waals surface area (Å²) < 4.78 is 26.3. The SMILES string of the molecule is CNc1ccncc1S(=O)(=O)NCCNC(C)=O. The number of aromatic nitrogens is 1. The molecule has 1 aromatic heterocycles. The van der Waals surface area contributed by atoms with E-state index in [0.717, 1.165) is 0 Å². The summed E-state index contributed by atoms with van der Waals surface area (Å²) in [5.41, 5.74) is 0.469. The summed E-state index contributed by atoms with van der Waals surface area (Å²) in [6.07, 6.45) is 2.77. The van der Waals surface area contributed by atoms with Crippen molar-refractivity contribution < 1.29 is 13.2 Å². The van der Waals surface area contributed by atoms with Crippen LogP contribution < -0.4 is 15.4 Å². The molecule has 0 saturated heterocycles. The highest BCUT2D eigenvalue weighted by atomic mass is 32.2. The predicted octanol–water partition coefficient (Wildman–Crippen LogP) is -0.462. The van der Waals surface area contributed by atoms with Crippen LogP contribution in [0.2, 0.25) is 0 Å². The third kappa shape index (κ3) is 3.97. The first kappa shape index (κ1) is 14.4. The van der Waals surface area contributed by atoms with Gasteiger partial charge in [-0.3, -0.25) is 9.78 Å². The second kappa shape index (κ2) is 6.31. The second-order valence-electron chi connectivity index (χ2n) is 3.50. The van der Waals surface area contributed by atoms with Crippen molar-refractivity contribution in [1.29, 1.82) is 0 Å². The highest BCUT2D eigenvalue weighted by Gasteiger charge is 2.17. The van der Waals surface area contributed by atoms with Crippen molar-refractivity contribution in [1.82, 2.24) is 15.0 Å². The third-order valence-electron chi connectivity index (χ3n) is 2.13. The van der Waals surface area contributed by atoms with Crippen LogP contribution in [0.4, 0.5) is 5.69 Å². The Morgan fingerprint density at radius 2 is 2.11 bits per heavy atom. The van der Waals surface area contributed by atoms with Crippen molar-refractivity contribution in [2.24, 2.45) is 0 Å². The number of anilines is 1. The number of amides is 1. The van der Waals surface area contributed by atoms with Gasteiger partial charge in [-0.05, 0) is 6.07 Å². The summed E-state index contributed by atoms with van der Waals surface area (Å²) in [5.74, 6) is -0.202. The predicted molar refractivity (Wildman–Crippen MR) is 67.7 cm³/mol. The van der Waals surface area contributed by atoms with Gasteiger partial charge in [0.1, 0.15) is 4.90 Å². The van der Waals surface area contributed by atoms with Crippen molar-refractivity contribution in [2.45, 2.75) is 11.8 Å². The molecule has 0 aliphatic heterocycles. The van der Waals surface area contributed by atoms with E-state index in [4.69, 9.17) is 0 Å². The molecule has 0 aromatic carbocycles. The average Bonchev–Trinajstić information content (AvgIpc) is 2.34. The van der Waals surface area contributed by atoms with Crippen molar-refractivity contribution in [3.63, 3.8) is 0 Å². The van der Waals surface area contributed by atoms with E-state index in [-0.39, 0.29) is 23.9 Å².